The second kappa shape index (κ2) is 9.69. The average molecular weight is 266 g/mol. The van der Waals surface area contributed by atoms with E-state index in [9.17, 15) is 0 Å². The highest BCUT2D eigenvalue weighted by Crippen LogP contribution is 2.34. The molecule has 0 spiro atoms. The summed E-state index contributed by atoms with van der Waals surface area (Å²) in [4.78, 5) is 2.61. The Morgan fingerprint density at radius 3 is 2.37 bits per heavy atom. The van der Waals surface area contributed by atoms with Crippen LogP contribution in [-0.2, 0) is 0 Å². The van der Waals surface area contributed by atoms with E-state index in [4.69, 9.17) is 0 Å². The molecule has 0 bridgehead atoms. The zero-order valence-electron chi connectivity index (χ0n) is 13.7. The highest BCUT2D eigenvalue weighted by molar-refractivity contribution is 4.78. The van der Waals surface area contributed by atoms with Crippen molar-refractivity contribution >= 4 is 0 Å². The van der Waals surface area contributed by atoms with E-state index in [1.165, 1.54) is 64.3 Å². The number of hydrogen-bond acceptors (Lipinski definition) is 1. The maximum atomic E-state index is 4.16. The molecule has 1 fully saturated rings. The van der Waals surface area contributed by atoms with Crippen LogP contribution in [0.4, 0.5) is 0 Å². The van der Waals surface area contributed by atoms with Crippen LogP contribution < -0.4 is 0 Å². The third-order valence-corrected chi connectivity index (χ3v) is 4.98. The van der Waals surface area contributed by atoms with Crippen LogP contribution in [0.15, 0.2) is 0 Å². The van der Waals surface area contributed by atoms with Gasteiger partial charge in [0, 0.05) is 12.6 Å². The molecule has 0 saturated heterocycles. The molecule has 0 aromatic rings. The second-order valence-corrected chi connectivity index (χ2v) is 6.71. The summed E-state index contributed by atoms with van der Waals surface area (Å²) in [6, 6.07) is 0.709. The monoisotopic (exact) mass is 266 g/mol. The molecule has 1 aliphatic carbocycles. The van der Waals surface area contributed by atoms with Crippen LogP contribution in [0.5, 0.6) is 0 Å². The molecule has 0 heterocycles. The van der Waals surface area contributed by atoms with Crippen LogP contribution in [0.2, 0.25) is 0 Å². The Kier molecular flexibility index (Phi) is 8.61. The van der Waals surface area contributed by atoms with Crippen molar-refractivity contribution in [2.24, 2.45) is 11.8 Å². The summed E-state index contributed by atoms with van der Waals surface area (Å²) in [5, 5.41) is 0. The van der Waals surface area contributed by atoms with E-state index < -0.39 is 0 Å². The minimum Gasteiger partial charge on any atom is -0.299 e. The fraction of sp³-hybridized carbons (Fsp3) is 0.944. The van der Waals surface area contributed by atoms with Crippen LogP contribution in [0.25, 0.3) is 0 Å². The highest BCUT2D eigenvalue weighted by atomic mass is 15.1. The normalized spacial score (nSPS) is 19.4. The Hall–Kier alpha value is -0.170. The van der Waals surface area contributed by atoms with Crippen molar-refractivity contribution in [2.45, 2.75) is 84.1 Å². The first-order valence-corrected chi connectivity index (χ1v) is 8.70. The third-order valence-electron chi connectivity index (χ3n) is 4.98. The van der Waals surface area contributed by atoms with Gasteiger partial charge in [0.2, 0.25) is 0 Å². The largest absolute Gasteiger partial charge is 0.299 e. The fourth-order valence-corrected chi connectivity index (χ4v) is 3.47. The number of rotatable bonds is 11. The Bertz CT molecular complexity index is 210. The smallest absolute Gasteiger partial charge is 0.100 e. The van der Waals surface area contributed by atoms with Gasteiger partial charge in [-0.05, 0) is 38.1 Å². The lowest BCUT2D eigenvalue weighted by Crippen LogP contribution is -2.36. The van der Waals surface area contributed by atoms with Gasteiger partial charge in [0.15, 0.2) is 0 Å². The Morgan fingerprint density at radius 1 is 1.16 bits per heavy atom. The van der Waals surface area contributed by atoms with Gasteiger partial charge in [0.1, 0.15) is 6.42 Å². The molecule has 0 aliphatic heterocycles. The van der Waals surface area contributed by atoms with E-state index in [1.807, 2.05) is 0 Å². The number of nitrogens with zero attached hydrogens (tertiary/aromatic N) is 1. The molecule has 1 aliphatic rings. The molecule has 0 amide bonds. The molecular weight excluding hydrogens is 230 g/mol. The van der Waals surface area contributed by atoms with Crippen LogP contribution in [0, 0.1) is 18.8 Å². The van der Waals surface area contributed by atoms with Gasteiger partial charge in [0.25, 0.3) is 0 Å². The van der Waals surface area contributed by atoms with E-state index in [0.29, 0.717) is 6.04 Å². The summed E-state index contributed by atoms with van der Waals surface area (Å²) in [5.74, 6) is 1.98. The Labute approximate surface area is 122 Å². The fourth-order valence-electron chi connectivity index (χ4n) is 3.47. The third kappa shape index (κ3) is 6.21. The SMILES string of the molecule is [CH2+]CC(CCCC)N(C)CC(CCC)CC1CCC1. The topological polar surface area (TPSA) is 3.24 Å². The van der Waals surface area contributed by atoms with Gasteiger partial charge < -0.3 is 0 Å². The standard InChI is InChI=1S/C18H36N/c1-5-8-13-18(7-3)19(4)15-17(10-6-2)14-16-11-9-12-16/h16-18H,3,5-15H2,1-2,4H3/q+1. The van der Waals surface area contributed by atoms with Crippen molar-refractivity contribution in [1.82, 2.24) is 4.90 Å². The summed E-state index contributed by atoms with van der Waals surface area (Å²) in [6.07, 6.45) is 13.8. The molecule has 1 heteroatoms. The average Bonchev–Trinajstić information content (AvgIpc) is 2.35. The van der Waals surface area contributed by atoms with Crippen molar-refractivity contribution in [3.63, 3.8) is 0 Å². The first-order chi connectivity index (χ1) is 9.21. The lowest BCUT2D eigenvalue weighted by molar-refractivity contribution is 0.156. The molecule has 1 rings (SSSR count). The minimum absolute atomic E-state index is 0.709. The van der Waals surface area contributed by atoms with E-state index in [1.54, 1.807) is 0 Å². The molecule has 112 valence electrons. The van der Waals surface area contributed by atoms with Crippen LogP contribution in [-0.4, -0.2) is 24.5 Å². The maximum absolute atomic E-state index is 4.16. The zero-order valence-corrected chi connectivity index (χ0v) is 13.7. The van der Waals surface area contributed by atoms with Gasteiger partial charge in [-0.25, -0.2) is 0 Å². The molecule has 0 N–H and O–H groups in total. The quantitative estimate of drug-likeness (QED) is 0.458. The van der Waals surface area contributed by atoms with E-state index >= 15 is 0 Å². The highest BCUT2D eigenvalue weighted by Gasteiger charge is 2.24. The molecule has 0 aromatic carbocycles. The summed E-state index contributed by atoms with van der Waals surface area (Å²) in [7, 11) is 2.33. The van der Waals surface area contributed by atoms with Gasteiger partial charge in [-0.2, -0.15) is 0 Å². The van der Waals surface area contributed by atoms with Crippen LogP contribution in [0.3, 0.4) is 0 Å². The first-order valence-electron chi connectivity index (χ1n) is 8.70. The lowest BCUT2D eigenvalue weighted by Gasteiger charge is -2.34. The molecule has 1 nitrogen and oxygen atoms in total. The summed E-state index contributed by atoms with van der Waals surface area (Å²) in [5.41, 5.74) is 0. The van der Waals surface area contributed by atoms with E-state index in [2.05, 4.69) is 32.7 Å². The minimum atomic E-state index is 0.709. The molecule has 2 atom stereocenters. The van der Waals surface area contributed by atoms with Crippen molar-refractivity contribution < 1.29 is 0 Å². The lowest BCUT2D eigenvalue weighted by atomic mass is 9.78. The van der Waals surface area contributed by atoms with Crippen molar-refractivity contribution in [3.05, 3.63) is 6.92 Å². The molecule has 1 saturated carbocycles. The van der Waals surface area contributed by atoms with Crippen molar-refractivity contribution in [2.75, 3.05) is 13.6 Å². The van der Waals surface area contributed by atoms with Gasteiger partial charge in [0.05, 0.1) is 6.92 Å². The molecule has 0 aromatic heterocycles. The van der Waals surface area contributed by atoms with Gasteiger partial charge in [-0.15, -0.1) is 0 Å². The number of hydrogen-bond donors (Lipinski definition) is 0. The zero-order chi connectivity index (χ0) is 14.1. The van der Waals surface area contributed by atoms with Gasteiger partial charge >= 0.3 is 0 Å². The van der Waals surface area contributed by atoms with Gasteiger partial charge in [-0.1, -0.05) is 52.4 Å². The van der Waals surface area contributed by atoms with E-state index in [-0.39, 0.29) is 0 Å². The predicted molar refractivity (Wildman–Crippen MR) is 86.3 cm³/mol. The summed E-state index contributed by atoms with van der Waals surface area (Å²) < 4.78 is 0. The summed E-state index contributed by atoms with van der Waals surface area (Å²) >= 11 is 0. The number of unbranched alkanes of at least 4 members (excludes halogenated alkanes) is 1. The predicted octanol–water partition coefficient (Wildman–Crippen LogP) is 5.31. The maximum Gasteiger partial charge on any atom is 0.100 e. The molecule has 2 unspecified atom stereocenters. The Balaban J connectivity index is 2.36. The second-order valence-electron chi connectivity index (χ2n) is 6.71. The van der Waals surface area contributed by atoms with E-state index in [0.717, 1.165) is 18.3 Å². The molecule has 0 radical (unpaired) electrons. The van der Waals surface area contributed by atoms with Crippen LogP contribution in [0.1, 0.15) is 78.1 Å². The van der Waals surface area contributed by atoms with Gasteiger partial charge in [-0.3, -0.25) is 4.90 Å². The van der Waals surface area contributed by atoms with Crippen molar-refractivity contribution in [3.8, 4) is 0 Å². The van der Waals surface area contributed by atoms with Crippen molar-refractivity contribution in [1.29, 1.82) is 0 Å². The van der Waals surface area contributed by atoms with Crippen LogP contribution >= 0.6 is 0 Å². The first kappa shape index (κ1) is 16.9. The summed E-state index contributed by atoms with van der Waals surface area (Å²) in [6.45, 7) is 10.1. The molecule has 19 heavy (non-hydrogen) atoms. The molecular formula is C18H36N+. The Morgan fingerprint density at radius 2 is 1.89 bits per heavy atom.